The molecule has 5 heteroatoms. The lowest BCUT2D eigenvalue weighted by atomic mass is 10.2. The number of halogens is 1. The first-order chi connectivity index (χ1) is 11.0. The quantitative estimate of drug-likeness (QED) is 0.668. The molecule has 0 radical (unpaired) electrons. The molecule has 23 heavy (non-hydrogen) atoms. The molecule has 0 aliphatic rings. The summed E-state index contributed by atoms with van der Waals surface area (Å²) in [5, 5.41) is 4.58. The molecule has 1 unspecified atom stereocenters. The number of benzene rings is 2. The Labute approximate surface area is 141 Å². The van der Waals surface area contributed by atoms with E-state index in [1.54, 1.807) is 31.3 Å². The summed E-state index contributed by atoms with van der Waals surface area (Å²) in [6.07, 6.45) is 0.933. The SMILES string of the molecule is Cc1ccc(/C=N/NC(=O)C(C)Oc2ccc(Cl)cc2C)cc1. The number of amides is 1. The lowest BCUT2D eigenvalue weighted by Gasteiger charge is -2.14. The largest absolute Gasteiger partial charge is 0.481 e. The summed E-state index contributed by atoms with van der Waals surface area (Å²) in [5.41, 5.74) is 5.44. The van der Waals surface area contributed by atoms with Gasteiger partial charge in [-0.1, -0.05) is 41.4 Å². The maximum absolute atomic E-state index is 12.0. The van der Waals surface area contributed by atoms with Gasteiger partial charge in [0.1, 0.15) is 5.75 Å². The van der Waals surface area contributed by atoms with Crippen molar-refractivity contribution in [2.45, 2.75) is 26.9 Å². The number of carbonyl (C=O) groups excluding carboxylic acids is 1. The molecule has 2 rings (SSSR count). The number of nitrogens with zero attached hydrogens (tertiary/aromatic N) is 1. The molecule has 1 N–H and O–H groups in total. The highest BCUT2D eigenvalue weighted by Crippen LogP contribution is 2.22. The van der Waals surface area contributed by atoms with Crippen molar-refractivity contribution in [3.05, 3.63) is 64.2 Å². The van der Waals surface area contributed by atoms with Crippen molar-refractivity contribution in [2.75, 3.05) is 0 Å². The second-order valence-electron chi connectivity index (χ2n) is 5.31. The van der Waals surface area contributed by atoms with Crippen LogP contribution in [0.1, 0.15) is 23.6 Å². The molecular formula is C18H19ClN2O2. The van der Waals surface area contributed by atoms with E-state index in [1.165, 1.54) is 5.56 Å². The number of hydrogen-bond donors (Lipinski definition) is 1. The molecule has 0 bridgehead atoms. The summed E-state index contributed by atoms with van der Waals surface area (Å²) < 4.78 is 5.64. The van der Waals surface area contributed by atoms with Crippen molar-refractivity contribution in [1.29, 1.82) is 0 Å². The molecule has 0 saturated heterocycles. The minimum Gasteiger partial charge on any atom is -0.481 e. The van der Waals surface area contributed by atoms with Crippen LogP contribution in [0, 0.1) is 13.8 Å². The molecule has 0 aliphatic carbocycles. The van der Waals surface area contributed by atoms with Crippen molar-refractivity contribution < 1.29 is 9.53 Å². The van der Waals surface area contributed by atoms with Crippen LogP contribution in [-0.4, -0.2) is 18.2 Å². The average Bonchev–Trinajstić information content (AvgIpc) is 2.51. The number of ether oxygens (including phenoxy) is 1. The topological polar surface area (TPSA) is 50.7 Å². The molecule has 0 heterocycles. The fourth-order valence-electron chi connectivity index (χ4n) is 1.90. The number of carbonyl (C=O) groups is 1. The highest BCUT2D eigenvalue weighted by atomic mass is 35.5. The fraction of sp³-hybridized carbons (Fsp3) is 0.222. The molecule has 0 aliphatic heterocycles. The van der Waals surface area contributed by atoms with E-state index in [4.69, 9.17) is 16.3 Å². The van der Waals surface area contributed by atoms with E-state index in [-0.39, 0.29) is 5.91 Å². The van der Waals surface area contributed by atoms with Gasteiger partial charge in [-0.15, -0.1) is 0 Å². The number of hydrazone groups is 1. The Hall–Kier alpha value is -2.33. The first kappa shape index (κ1) is 17.0. The van der Waals surface area contributed by atoms with Crippen LogP contribution in [0.3, 0.4) is 0 Å². The average molecular weight is 331 g/mol. The minimum atomic E-state index is -0.662. The van der Waals surface area contributed by atoms with Gasteiger partial charge in [0.2, 0.25) is 0 Å². The van der Waals surface area contributed by atoms with Crippen LogP contribution in [-0.2, 0) is 4.79 Å². The molecule has 1 atom stereocenters. The van der Waals surface area contributed by atoms with E-state index in [1.807, 2.05) is 38.1 Å². The van der Waals surface area contributed by atoms with Gasteiger partial charge >= 0.3 is 0 Å². The van der Waals surface area contributed by atoms with E-state index in [0.717, 1.165) is 11.1 Å². The van der Waals surface area contributed by atoms with Gasteiger partial charge in [0.15, 0.2) is 6.10 Å². The van der Waals surface area contributed by atoms with Gasteiger partial charge in [-0.05, 0) is 50.1 Å². The monoisotopic (exact) mass is 330 g/mol. The van der Waals surface area contributed by atoms with Gasteiger partial charge in [0.25, 0.3) is 5.91 Å². The van der Waals surface area contributed by atoms with E-state index in [0.29, 0.717) is 10.8 Å². The maximum Gasteiger partial charge on any atom is 0.280 e. The fourth-order valence-corrected chi connectivity index (χ4v) is 2.13. The summed E-state index contributed by atoms with van der Waals surface area (Å²) in [7, 11) is 0. The van der Waals surface area contributed by atoms with Crippen molar-refractivity contribution in [3.8, 4) is 5.75 Å². The Morgan fingerprint density at radius 2 is 1.91 bits per heavy atom. The zero-order chi connectivity index (χ0) is 16.8. The summed E-state index contributed by atoms with van der Waals surface area (Å²) in [6.45, 7) is 5.56. The van der Waals surface area contributed by atoms with Gasteiger partial charge in [-0.25, -0.2) is 5.43 Å². The predicted molar refractivity (Wildman–Crippen MR) is 93.2 cm³/mol. The second-order valence-corrected chi connectivity index (χ2v) is 5.75. The van der Waals surface area contributed by atoms with Gasteiger partial charge in [-0.2, -0.15) is 5.10 Å². The Morgan fingerprint density at radius 3 is 2.57 bits per heavy atom. The molecule has 2 aromatic rings. The molecule has 0 spiro atoms. The van der Waals surface area contributed by atoms with Crippen LogP contribution in [0.4, 0.5) is 0 Å². The lowest BCUT2D eigenvalue weighted by Crippen LogP contribution is -2.33. The van der Waals surface area contributed by atoms with Crippen LogP contribution < -0.4 is 10.2 Å². The van der Waals surface area contributed by atoms with E-state index < -0.39 is 6.10 Å². The predicted octanol–water partition coefficient (Wildman–Crippen LogP) is 3.87. The first-order valence-electron chi connectivity index (χ1n) is 7.28. The maximum atomic E-state index is 12.0. The molecule has 0 aromatic heterocycles. The normalized spacial score (nSPS) is 12.2. The molecule has 120 valence electrons. The number of rotatable bonds is 5. The molecular weight excluding hydrogens is 312 g/mol. The Balaban J connectivity index is 1.90. The van der Waals surface area contributed by atoms with Crippen LogP contribution >= 0.6 is 11.6 Å². The van der Waals surface area contributed by atoms with Crippen molar-refractivity contribution >= 4 is 23.7 Å². The summed E-state index contributed by atoms with van der Waals surface area (Å²) in [4.78, 5) is 12.0. The van der Waals surface area contributed by atoms with Crippen LogP contribution in [0.2, 0.25) is 5.02 Å². The summed E-state index contributed by atoms with van der Waals surface area (Å²) in [5.74, 6) is 0.308. The Kier molecular flexibility index (Phi) is 5.77. The zero-order valence-corrected chi connectivity index (χ0v) is 14.1. The first-order valence-corrected chi connectivity index (χ1v) is 7.66. The standard InChI is InChI=1S/C18H19ClN2O2/c1-12-4-6-15(7-5-12)11-20-21-18(22)14(3)23-17-9-8-16(19)10-13(17)2/h4-11,14H,1-3H3,(H,21,22)/b20-11+. The van der Waals surface area contributed by atoms with Crippen LogP contribution in [0.15, 0.2) is 47.6 Å². The Morgan fingerprint density at radius 1 is 1.22 bits per heavy atom. The third kappa shape index (κ3) is 5.11. The van der Waals surface area contributed by atoms with E-state index >= 15 is 0 Å². The van der Waals surface area contributed by atoms with Gasteiger partial charge in [0, 0.05) is 5.02 Å². The van der Waals surface area contributed by atoms with Crippen molar-refractivity contribution in [2.24, 2.45) is 5.10 Å². The van der Waals surface area contributed by atoms with Gasteiger partial charge in [0.05, 0.1) is 6.21 Å². The zero-order valence-electron chi connectivity index (χ0n) is 13.3. The third-order valence-electron chi connectivity index (χ3n) is 3.28. The lowest BCUT2D eigenvalue weighted by molar-refractivity contribution is -0.127. The van der Waals surface area contributed by atoms with Gasteiger partial charge in [-0.3, -0.25) is 4.79 Å². The van der Waals surface area contributed by atoms with Gasteiger partial charge < -0.3 is 4.74 Å². The van der Waals surface area contributed by atoms with Crippen LogP contribution in [0.25, 0.3) is 0 Å². The molecule has 0 saturated carbocycles. The van der Waals surface area contributed by atoms with Crippen molar-refractivity contribution in [1.82, 2.24) is 5.43 Å². The molecule has 4 nitrogen and oxygen atoms in total. The highest BCUT2D eigenvalue weighted by molar-refractivity contribution is 6.30. The van der Waals surface area contributed by atoms with Crippen molar-refractivity contribution in [3.63, 3.8) is 0 Å². The Bertz CT molecular complexity index is 711. The number of nitrogens with one attached hydrogen (secondary N) is 1. The number of aryl methyl sites for hydroxylation is 2. The van der Waals surface area contributed by atoms with E-state index in [2.05, 4.69) is 10.5 Å². The molecule has 2 aromatic carbocycles. The third-order valence-corrected chi connectivity index (χ3v) is 3.51. The molecule has 1 amide bonds. The smallest absolute Gasteiger partial charge is 0.280 e. The second kappa shape index (κ2) is 7.79. The van der Waals surface area contributed by atoms with Crippen LogP contribution in [0.5, 0.6) is 5.75 Å². The number of hydrogen-bond acceptors (Lipinski definition) is 3. The summed E-state index contributed by atoms with van der Waals surface area (Å²) in [6, 6.07) is 13.1. The summed E-state index contributed by atoms with van der Waals surface area (Å²) >= 11 is 5.90. The molecule has 0 fully saturated rings. The van der Waals surface area contributed by atoms with E-state index in [9.17, 15) is 4.79 Å². The minimum absolute atomic E-state index is 0.317. The highest BCUT2D eigenvalue weighted by Gasteiger charge is 2.15.